The summed E-state index contributed by atoms with van der Waals surface area (Å²) in [5, 5.41) is 3.20. The van der Waals surface area contributed by atoms with E-state index in [4.69, 9.17) is 4.74 Å². The second kappa shape index (κ2) is 5.96. The molecule has 3 nitrogen and oxygen atoms in total. The highest BCUT2D eigenvalue weighted by atomic mass is 32.2. The average Bonchev–Trinajstić information content (AvgIpc) is 2.38. The number of carbonyl (C=O) groups excluding carboxylic acids is 1. The molecule has 0 saturated carbocycles. The van der Waals surface area contributed by atoms with Crippen molar-refractivity contribution in [2.45, 2.75) is 31.6 Å². The highest BCUT2D eigenvalue weighted by Crippen LogP contribution is 2.41. The smallest absolute Gasteiger partial charge is 0.355 e. The van der Waals surface area contributed by atoms with E-state index in [-0.39, 0.29) is 5.97 Å². The summed E-state index contributed by atoms with van der Waals surface area (Å²) in [5.74, 6) is -0.261. The topological polar surface area (TPSA) is 38.3 Å². The van der Waals surface area contributed by atoms with Crippen molar-refractivity contribution in [3.63, 3.8) is 0 Å². The Bertz CT molecular complexity index is 482. The lowest BCUT2D eigenvalue weighted by molar-refractivity contribution is -0.138. The summed E-state index contributed by atoms with van der Waals surface area (Å²) in [6, 6.07) is 8.00. The van der Waals surface area contributed by atoms with Gasteiger partial charge >= 0.3 is 5.97 Å². The number of fused-ring (bicyclic) bond motifs is 1. The number of allylic oxidation sites excluding steroid dienone is 1. The summed E-state index contributed by atoms with van der Waals surface area (Å²) in [7, 11) is 0. The van der Waals surface area contributed by atoms with Crippen LogP contribution in [-0.4, -0.2) is 12.6 Å². The molecule has 0 bridgehead atoms. The molecule has 0 amide bonds. The van der Waals surface area contributed by atoms with E-state index in [1.807, 2.05) is 25.1 Å². The Kier molecular flexibility index (Phi) is 4.31. The Hall–Kier alpha value is -1.42. The minimum atomic E-state index is -0.261. The Morgan fingerprint density at radius 2 is 2.11 bits per heavy atom. The van der Waals surface area contributed by atoms with Crippen LogP contribution >= 0.6 is 11.8 Å². The fraction of sp³-hybridized carbons (Fsp3) is 0.357. The zero-order valence-electron chi connectivity index (χ0n) is 10.7. The van der Waals surface area contributed by atoms with Gasteiger partial charge < -0.3 is 10.1 Å². The molecule has 18 heavy (non-hydrogen) atoms. The van der Waals surface area contributed by atoms with Crippen LogP contribution in [0, 0.1) is 0 Å². The summed E-state index contributed by atoms with van der Waals surface area (Å²) in [4.78, 5) is 14.2. The van der Waals surface area contributed by atoms with Crippen LogP contribution in [0.2, 0.25) is 0 Å². The number of esters is 1. The molecule has 1 N–H and O–H groups in total. The van der Waals surface area contributed by atoms with E-state index >= 15 is 0 Å². The molecular weight excluding hydrogens is 246 g/mol. The van der Waals surface area contributed by atoms with Crippen molar-refractivity contribution in [2.75, 3.05) is 11.9 Å². The molecule has 1 heterocycles. The summed E-state index contributed by atoms with van der Waals surface area (Å²) in [6.07, 6.45) is 1.90. The zero-order valence-corrected chi connectivity index (χ0v) is 11.5. The van der Waals surface area contributed by atoms with Crippen molar-refractivity contribution in [3.8, 4) is 0 Å². The van der Waals surface area contributed by atoms with Crippen LogP contribution in [0.4, 0.5) is 5.69 Å². The standard InChI is InChI=1S/C14H17NO2S/c1-3-7-12-13(14(16)17-4-2)15-10-8-5-6-9-11(10)18-12/h5-6,8-9,15H,3-4,7H2,1-2H3. The third kappa shape index (κ3) is 2.70. The van der Waals surface area contributed by atoms with Gasteiger partial charge in [0, 0.05) is 9.80 Å². The number of anilines is 1. The van der Waals surface area contributed by atoms with Gasteiger partial charge in [-0.3, -0.25) is 0 Å². The van der Waals surface area contributed by atoms with Gasteiger partial charge in [0.1, 0.15) is 5.70 Å². The molecule has 1 aromatic carbocycles. The summed E-state index contributed by atoms with van der Waals surface area (Å²) in [5.41, 5.74) is 1.58. The highest BCUT2D eigenvalue weighted by molar-refractivity contribution is 8.03. The summed E-state index contributed by atoms with van der Waals surface area (Å²) in [6.45, 7) is 4.33. The van der Waals surface area contributed by atoms with Crippen molar-refractivity contribution in [2.24, 2.45) is 0 Å². The van der Waals surface area contributed by atoms with Crippen molar-refractivity contribution >= 4 is 23.4 Å². The van der Waals surface area contributed by atoms with Crippen LogP contribution in [0.3, 0.4) is 0 Å². The van der Waals surface area contributed by atoms with Crippen LogP contribution < -0.4 is 5.32 Å². The largest absolute Gasteiger partial charge is 0.461 e. The number of ether oxygens (including phenoxy) is 1. The summed E-state index contributed by atoms with van der Waals surface area (Å²) < 4.78 is 5.10. The molecule has 4 heteroatoms. The Morgan fingerprint density at radius 1 is 1.33 bits per heavy atom. The third-order valence-corrected chi connectivity index (χ3v) is 3.85. The number of para-hydroxylation sites is 1. The number of benzene rings is 1. The minimum absolute atomic E-state index is 0.261. The molecule has 0 fully saturated rings. The zero-order chi connectivity index (χ0) is 13.0. The van der Waals surface area contributed by atoms with Gasteiger partial charge in [0.25, 0.3) is 0 Å². The maximum Gasteiger partial charge on any atom is 0.355 e. The quantitative estimate of drug-likeness (QED) is 0.839. The molecule has 0 atom stereocenters. The fourth-order valence-corrected chi connectivity index (χ4v) is 3.00. The molecule has 96 valence electrons. The van der Waals surface area contributed by atoms with Gasteiger partial charge in [-0.05, 0) is 25.5 Å². The molecule has 0 saturated heterocycles. The number of thioether (sulfide) groups is 1. The van der Waals surface area contributed by atoms with Crippen molar-refractivity contribution in [1.29, 1.82) is 0 Å². The summed E-state index contributed by atoms with van der Waals surface area (Å²) >= 11 is 1.66. The lowest BCUT2D eigenvalue weighted by Gasteiger charge is -2.22. The van der Waals surface area contributed by atoms with E-state index in [9.17, 15) is 4.79 Å². The molecule has 1 aliphatic rings. The fourth-order valence-electron chi connectivity index (χ4n) is 1.82. The van der Waals surface area contributed by atoms with E-state index in [0.29, 0.717) is 12.3 Å². The molecule has 0 radical (unpaired) electrons. The second-order valence-electron chi connectivity index (χ2n) is 3.99. The minimum Gasteiger partial charge on any atom is -0.461 e. The first kappa shape index (κ1) is 13.0. The van der Waals surface area contributed by atoms with Gasteiger partial charge in [0.2, 0.25) is 0 Å². The predicted molar refractivity (Wildman–Crippen MR) is 74.5 cm³/mol. The van der Waals surface area contributed by atoms with Crippen molar-refractivity contribution in [1.82, 2.24) is 0 Å². The first-order valence-electron chi connectivity index (χ1n) is 6.20. The number of hydrogen-bond acceptors (Lipinski definition) is 4. The molecule has 0 spiro atoms. The average molecular weight is 263 g/mol. The van der Waals surface area contributed by atoms with E-state index in [1.54, 1.807) is 11.8 Å². The maximum atomic E-state index is 11.9. The van der Waals surface area contributed by atoms with E-state index in [0.717, 1.165) is 28.3 Å². The van der Waals surface area contributed by atoms with Crippen LogP contribution in [-0.2, 0) is 9.53 Å². The lowest BCUT2D eigenvalue weighted by Crippen LogP contribution is -2.19. The van der Waals surface area contributed by atoms with Crippen LogP contribution in [0.15, 0.2) is 39.8 Å². The van der Waals surface area contributed by atoms with E-state index in [2.05, 4.69) is 18.3 Å². The maximum absolute atomic E-state index is 11.9. The van der Waals surface area contributed by atoms with Gasteiger partial charge in [-0.2, -0.15) is 0 Å². The van der Waals surface area contributed by atoms with Crippen molar-refractivity contribution in [3.05, 3.63) is 34.9 Å². The van der Waals surface area contributed by atoms with Gasteiger partial charge in [-0.25, -0.2) is 4.79 Å². The van der Waals surface area contributed by atoms with E-state index in [1.165, 1.54) is 0 Å². The molecule has 1 aliphatic heterocycles. The second-order valence-corrected chi connectivity index (χ2v) is 5.13. The normalized spacial score (nSPS) is 13.9. The first-order valence-corrected chi connectivity index (χ1v) is 7.02. The van der Waals surface area contributed by atoms with Crippen LogP contribution in [0.5, 0.6) is 0 Å². The molecule has 0 unspecified atom stereocenters. The number of nitrogens with one attached hydrogen (secondary N) is 1. The van der Waals surface area contributed by atoms with Gasteiger partial charge in [-0.1, -0.05) is 37.2 Å². The Morgan fingerprint density at radius 3 is 2.83 bits per heavy atom. The number of carbonyl (C=O) groups is 1. The lowest BCUT2D eigenvalue weighted by atomic mass is 10.2. The SMILES string of the molecule is CCCC1=C(C(=O)OCC)Nc2ccccc2S1. The van der Waals surface area contributed by atoms with Crippen molar-refractivity contribution < 1.29 is 9.53 Å². The van der Waals surface area contributed by atoms with E-state index < -0.39 is 0 Å². The van der Waals surface area contributed by atoms with Gasteiger partial charge in [0.05, 0.1) is 12.3 Å². The van der Waals surface area contributed by atoms with Gasteiger partial charge in [-0.15, -0.1) is 0 Å². The molecule has 2 rings (SSSR count). The van der Waals surface area contributed by atoms with Crippen LogP contribution in [0.25, 0.3) is 0 Å². The highest BCUT2D eigenvalue weighted by Gasteiger charge is 2.23. The molecular formula is C14H17NO2S. The third-order valence-electron chi connectivity index (χ3n) is 2.62. The molecule has 0 aromatic heterocycles. The molecule has 0 aliphatic carbocycles. The Balaban J connectivity index is 2.30. The monoisotopic (exact) mass is 263 g/mol. The Labute approximate surface area is 112 Å². The first-order chi connectivity index (χ1) is 8.76. The number of rotatable bonds is 4. The van der Waals surface area contributed by atoms with Gasteiger partial charge in [0.15, 0.2) is 0 Å². The predicted octanol–water partition coefficient (Wildman–Crippen LogP) is 3.78. The van der Waals surface area contributed by atoms with Crippen LogP contribution in [0.1, 0.15) is 26.7 Å². The number of hydrogen-bond donors (Lipinski definition) is 1. The molecule has 1 aromatic rings.